The van der Waals surface area contributed by atoms with Gasteiger partial charge in [-0.05, 0) is 5.56 Å². The normalized spacial score (nSPS) is 17.9. The summed E-state index contributed by atoms with van der Waals surface area (Å²) in [5.74, 6) is 2.78. The third-order valence-electron chi connectivity index (χ3n) is 4.05. The standard InChI is InChI=1S/C16H15ClN2S/c17-13-8-15(18-14-6-7-20-16(13)14)19-9-12(10-19)11-4-2-1-3-5-11/h1-5,8,12H,6-7,9-10H2. The number of hydrogen-bond donors (Lipinski definition) is 0. The minimum absolute atomic E-state index is 0.624. The molecule has 0 amide bonds. The minimum Gasteiger partial charge on any atom is -0.355 e. The third-order valence-corrected chi connectivity index (χ3v) is 5.61. The Balaban J connectivity index is 1.53. The number of hydrogen-bond acceptors (Lipinski definition) is 3. The van der Waals surface area contributed by atoms with E-state index >= 15 is 0 Å². The van der Waals surface area contributed by atoms with Gasteiger partial charge in [0.1, 0.15) is 5.82 Å². The van der Waals surface area contributed by atoms with Gasteiger partial charge in [-0.2, -0.15) is 0 Å². The number of benzene rings is 1. The van der Waals surface area contributed by atoms with Gasteiger partial charge in [-0.1, -0.05) is 41.9 Å². The van der Waals surface area contributed by atoms with Crippen LogP contribution in [-0.2, 0) is 6.42 Å². The number of nitrogens with zero attached hydrogens (tertiary/aromatic N) is 2. The number of halogens is 1. The molecule has 0 unspecified atom stereocenters. The van der Waals surface area contributed by atoms with E-state index in [9.17, 15) is 0 Å². The van der Waals surface area contributed by atoms with E-state index in [1.54, 1.807) is 0 Å². The van der Waals surface area contributed by atoms with Gasteiger partial charge in [0, 0.05) is 42.1 Å². The molecule has 1 fully saturated rings. The SMILES string of the molecule is Clc1cc(N2CC(c3ccccc3)C2)nc2c1SCC2. The van der Waals surface area contributed by atoms with Crippen molar-refractivity contribution in [1.82, 2.24) is 4.98 Å². The van der Waals surface area contributed by atoms with E-state index < -0.39 is 0 Å². The fourth-order valence-corrected chi connectivity index (χ4v) is 4.25. The molecular weight excluding hydrogens is 288 g/mol. The van der Waals surface area contributed by atoms with Gasteiger partial charge in [0.25, 0.3) is 0 Å². The second-order valence-corrected chi connectivity index (χ2v) is 6.86. The van der Waals surface area contributed by atoms with Gasteiger partial charge in [0.05, 0.1) is 10.7 Å². The molecule has 2 nitrogen and oxygen atoms in total. The summed E-state index contributed by atoms with van der Waals surface area (Å²) < 4.78 is 0. The molecule has 102 valence electrons. The number of pyridine rings is 1. The molecule has 2 aromatic rings. The summed E-state index contributed by atoms with van der Waals surface area (Å²) in [5, 5.41) is 0.871. The molecule has 1 aromatic heterocycles. The quantitative estimate of drug-likeness (QED) is 0.834. The average molecular weight is 303 g/mol. The number of anilines is 1. The zero-order valence-electron chi connectivity index (χ0n) is 11.1. The molecule has 0 atom stereocenters. The third kappa shape index (κ3) is 2.09. The summed E-state index contributed by atoms with van der Waals surface area (Å²) in [4.78, 5) is 8.30. The highest BCUT2D eigenvalue weighted by atomic mass is 35.5. The molecular formula is C16H15ClN2S. The highest BCUT2D eigenvalue weighted by Gasteiger charge is 2.30. The van der Waals surface area contributed by atoms with Crippen LogP contribution in [0.1, 0.15) is 17.2 Å². The monoisotopic (exact) mass is 302 g/mol. The van der Waals surface area contributed by atoms with Crippen molar-refractivity contribution in [3.8, 4) is 0 Å². The number of thioether (sulfide) groups is 1. The van der Waals surface area contributed by atoms with Crippen molar-refractivity contribution in [2.75, 3.05) is 23.7 Å². The van der Waals surface area contributed by atoms with Crippen LogP contribution in [0.4, 0.5) is 5.82 Å². The highest BCUT2D eigenvalue weighted by molar-refractivity contribution is 7.99. The van der Waals surface area contributed by atoms with Crippen molar-refractivity contribution in [2.24, 2.45) is 0 Å². The predicted octanol–water partition coefficient (Wildman–Crippen LogP) is 3.99. The maximum absolute atomic E-state index is 6.37. The van der Waals surface area contributed by atoms with E-state index in [2.05, 4.69) is 35.2 Å². The molecule has 0 spiro atoms. The first-order valence-electron chi connectivity index (χ1n) is 6.93. The zero-order valence-corrected chi connectivity index (χ0v) is 12.6. The number of aryl methyl sites for hydroxylation is 1. The lowest BCUT2D eigenvalue weighted by Crippen LogP contribution is -2.45. The van der Waals surface area contributed by atoms with Crippen LogP contribution in [0.15, 0.2) is 41.3 Å². The van der Waals surface area contributed by atoms with Crippen LogP contribution < -0.4 is 4.90 Å². The van der Waals surface area contributed by atoms with Crippen molar-refractivity contribution in [3.05, 3.63) is 52.7 Å². The van der Waals surface area contributed by atoms with E-state index in [-0.39, 0.29) is 0 Å². The maximum atomic E-state index is 6.37. The lowest BCUT2D eigenvalue weighted by atomic mass is 9.91. The van der Waals surface area contributed by atoms with Crippen molar-refractivity contribution in [2.45, 2.75) is 17.2 Å². The van der Waals surface area contributed by atoms with E-state index in [4.69, 9.17) is 16.6 Å². The van der Waals surface area contributed by atoms with Crippen LogP contribution in [0.3, 0.4) is 0 Å². The molecule has 2 aliphatic heterocycles. The molecule has 4 heteroatoms. The molecule has 0 bridgehead atoms. The molecule has 0 saturated carbocycles. The lowest BCUT2D eigenvalue weighted by Gasteiger charge is -2.40. The van der Waals surface area contributed by atoms with Crippen molar-refractivity contribution in [3.63, 3.8) is 0 Å². The van der Waals surface area contributed by atoms with Crippen LogP contribution in [0.25, 0.3) is 0 Å². The van der Waals surface area contributed by atoms with Crippen LogP contribution in [-0.4, -0.2) is 23.8 Å². The summed E-state index contributed by atoms with van der Waals surface area (Å²) in [6.07, 6.45) is 1.05. The van der Waals surface area contributed by atoms with E-state index in [1.807, 2.05) is 17.8 Å². The lowest BCUT2D eigenvalue weighted by molar-refractivity contribution is 0.519. The Morgan fingerprint density at radius 1 is 1.20 bits per heavy atom. The zero-order chi connectivity index (χ0) is 13.5. The van der Waals surface area contributed by atoms with E-state index in [0.29, 0.717) is 5.92 Å². The molecule has 1 aromatic carbocycles. The number of rotatable bonds is 2. The topological polar surface area (TPSA) is 16.1 Å². The molecule has 3 heterocycles. The summed E-state index contributed by atoms with van der Waals surface area (Å²) in [6, 6.07) is 12.7. The van der Waals surface area contributed by atoms with Gasteiger partial charge in [-0.15, -0.1) is 11.8 Å². The van der Waals surface area contributed by atoms with Gasteiger partial charge >= 0.3 is 0 Å². The van der Waals surface area contributed by atoms with E-state index in [1.165, 1.54) is 16.2 Å². The van der Waals surface area contributed by atoms with Gasteiger partial charge in [-0.3, -0.25) is 0 Å². The maximum Gasteiger partial charge on any atom is 0.130 e. The Morgan fingerprint density at radius 2 is 2.00 bits per heavy atom. The minimum atomic E-state index is 0.624. The van der Waals surface area contributed by atoms with Crippen LogP contribution in [0, 0.1) is 0 Å². The first kappa shape index (κ1) is 12.5. The van der Waals surface area contributed by atoms with Crippen molar-refractivity contribution < 1.29 is 0 Å². The molecule has 0 radical (unpaired) electrons. The Kier molecular flexibility index (Phi) is 3.12. The molecule has 0 aliphatic carbocycles. The van der Waals surface area contributed by atoms with Gasteiger partial charge in [0.2, 0.25) is 0 Å². The molecule has 4 rings (SSSR count). The van der Waals surface area contributed by atoms with Gasteiger partial charge in [0.15, 0.2) is 0 Å². The van der Waals surface area contributed by atoms with Crippen molar-refractivity contribution in [1.29, 1.82) is 0 Å². The van der Waals surface area contributed by atoms with Gasteiger partial charge in [-0.25, -0.2) is 4.98 Å². The van der Waals surface area contributed by atoms with E-state index in [0.717, 1.165) is 36.1 Å². The van der Waals surface area contributed by atoms with Crippen LogP contribution in [0.5, 0.6) is 0 Å². The molecule has 2 aliphatic rings. The number of aromatic nitrogens is 1. The Hall–Kier alpha value is -1.19. The highest BCUT2D eigenvalue weighted by Crippen LogP contribution is 2.39. The average Bonchev–Trinajstić information content (AvgIpc) is 2.87. The second kappa shape index (κ2) is 4.97. The fraction of sp³-hybridized carbons (Fsp3) is 0.312. The Bertz CT molecular complexity index is 638. The number of fused-ring (bicyclic) bond motifs is 1. The van der Waals surface area contributed by atoms with Crippen LogP contribution >= 0.6 is 23.4 Å². The summed E-state index contributed by atoms with van der Waals surface area (Å²) in [6.45, 7) is 2.08. The summed E-state index contributed by atoms with van der Waals surface area (Å²) in [7, 11) is 0. The van der Waals surface area contributed by atoms with Crippen molar-refractivity contribution >= 4 is 29.2 Å². The predicted molar refractivity (Wildman–Crippen MR) is 85.1 cm³/mol. The second-order valence-electron chi connectivity index (χ2n) is 5.35. The fourth-order valence-electron chi connectivity index (χ4n) is 2.87. The summed E-state index contributed by atoms with van der Waals surface area (Å²) >= 11 is 8.19. The first-order valence-corrected chi connectivity index (χ1v) is 8.30. The Morgan fingerprint density at radius 3 is 2.80 bits per heavy atom. The molecule has 20 heavy (non-hydrogen) atoms. The smallest absolute Gasteiger partial charge is 0.130 e. The van der Waals surface area contributed by atoms with Gasteiger partial charge < -0.3 is 4.90 Å². The molecule has 0 N–H and O–H groups in total. The van der Waals surface area contributed by atoms with Crippen LogP contribution in [0.2, 0.25) is 5.02 Å². The Labute approximate surface area is 128 Å². The largest absolute Gasteiger partial charge is 0.355 e. The molecule has 1 saturated heterocycles. The summed E-state index contributed by atoms with van der Waals surface area (Å²) in [5.41, 5.74) is 2.60. The first-order chi connectivity index (χ1) is 9.81.